The van der Waals surface area contributed by atoms with Crippen molar-refractivity contribution in [2.45, 2.75) is 33.7 Å². The molecule has 0 spiro atoms. The van der Waals surface area contributed by atoms with Gasteiger partial charge in [0.1, 0.15) is 11.5 Å². The molecule has 9 nitrogen and oxygen atoms in total. The van der Waals surface area contributed by atoms with Crippen LogP contribution in [0.5, 0.6) is 0 Å². The molecule has 1 unspecified atom stereocenters. The van der Waals surface area contributed by atoms with Gasteiger partial charge in [-0.15, -0.1) is 0 Å². The highest BCUT2D eigenvalue weighted by Gasteiger charge is 2.19. The number of amides is 1. The third kappa shape index (κ3) is 5.78. The minimum absolute atomic E-state index is 0.213. The van der Waals surface area contributed by atoms with Crippen molar-refractivity contribution in [2.24, 2.45) is 0 Å². The lowest BCUT2D eigenvalue weighted by Crippen LogP contribution is -2.28. The number of hydrogen-bond acceptors (Lipinski definition) is 7. The van der Waals surface area contributed by atoms with Crippen LogP contribution in [0.3, 0.4) is 0 Å². The van der Waals surface area contributed by atoms with Crippen LogP contribution >= 0.6 is 0 Å². The second-order valence-electron chi connectivity index (χ2n) is 9.59. The van der Waals surface area contributed by atoms with Gasteiger partial charge in [-0.2, -0.15) is 0 Å². The Hall–Kier alpha value is -5.18. The van der Waals surface area contributed by atoms with Gasteiger partial charge in [-0.1, -0.05) is 36.4 Å². The third-order valence-corrected chi connectivity index (χ3v) is 6.71. The predicted molar refractivity (Wildman–Crippen MR) is 155 cm³/mol. The number of pyridine rings is 3. The van der Waals surface area contributed by atoms with Crippen LogP contribution in [0.2, 0.25) is 0 Å². The molecule has 1 aromatic carbocycles. The first-order valence-corrected chi connectivity index (χ1v) is 12.9. The van der Waals surface area contributed by atoms with Gasteiger partial charge in [-0.05, 0) is 56.5 Å². The van der Waals surface area contributed by atoms with Crippen LogP contribution in [0.25, 0.3) is 22.6 Å². The number of benzene rings is 1. The zero-order valence-corrected chi connectivity index (χ0v) is 22.7. The summed E-state index contributed by atoms with van der Waals surface area (Å²) in [5.74, 6) is 0.756. The van der Waals surface area contributed by atoms with Crippen molar-refractivity contribution in [1.29, 1.82) is 0 Å². The fourth-order valence-electron chi connectivity index (χ4n) is 4.37. The molecule has 0 aliphatic rings. The van der Waals surface area contributed by atoms with E-state index in [-0.39, 0.29) is 17.5 Å². The molecule has 0 aliphatic heterocycles. The highest BCUT2D eigenvalue weighted by Crippen LogP contribution is 2.26. The molecule has 4 aromatic heterocycles. The summed E-state index contributed by atoms with van der Waals surface area (Å²) in [4.78, 5) is 45.7. The fourth-order valence-corrected chi connectivity index (χ4v) is 4.37. The zero-order chi connectivity index (χ0) is 28.2. The van der Waals surface area contributed by atoms with Gasteiger partial charge >= 0.3 is 0 Å². The van der Waals surface area contributed by atoms with Crippen molar-refractivity contribution in [3.63, 3.8) is 0 Å². The first-order valence-electron chi connectivity index (χ1n) is 12.9. The number of aromatic amines is 1. The molecule has 0 fully saturated rings. The van der Waals surface area contributed by atoms with Crippen LogP contribution in [0.1, 0.15) is 45.8 Å². The lowest BCUT2D eigenvalue weighted by molar-refractivity contribution is 0.0934. The number of nitrogens with one attached hydrogen (secondary N) is 3. The van der Waals surface area contributed by atoms with Crippen LogP contribution in [-0.2, 0) is 0 Å². The Bertz CT molecular complexity index is 1730. The normalized spacial score (nSPS) is 11.6. The Balaban J connectivity index is 1.34. The van der Waals surface area contributed by atoms with Gasteiger partial charge in [0.15, 0.2) is 5.82 Å². The van der Waals surface area contributed by atoms with E-state index in [1.54, 1.807) is 30.7 Å². The molecule has 4 heterocycles. The van der Waals surface area contributed by atoms with Gasteiger partial charge in [0.25, 0.3) is 5.91 Å². The van der Waals surface area contributed by atoms with Gasteiger partial charge in [0, 0.05) is 53.2 Å². The average Bonchev–Trinajstić information content (AvgIpc) is 2.94. The molecule has 5 rings (SSSR count). The van der Waals surface area contributed by atoms with Gasteiger partial charge in [-0.25, -0.2) is 9.97 Å². The maximum atomic E-state index is 13.2. The van der Waals surface area contributed by atoms with Gasteiger partial charge in [0.05, 0.1) is 11.7 Å². The molecule has 0 bridgehead atoms. The minimum Gasteiger partial charge on any atom is -0.344 e. The molecule has 0 radical (unpaired) electrons. The first-order chi connectivity index (χ1) is 19.3. The third-order valence-electron chi connectivity index (χ3n) is 6.71. The average molecular weight is 532 g/mol. The molecule has 9 heteroatoms. The summed E-state index contributed by atoms with van der Waals surface area (Å²) in [7, 11) is 0. The molecule has 200 valence electrons. The maximum Gasteiger partial charge on any atom is 0.270 e. The van der Waals surface area contributed by atoms with Crippen molar-refractivity contribution in [1.82, 2.24) is 30.2 Å². The number of H-pyrrole nitrogens is 1. The molecule has 5 aromatic rings. The molecule has 0 aliphatic carbocycles. The SMILES string of the molecule is Cc1cc(Nc2cc[nH]c(=O)c2)nc(-c2cnc(C(=O)NC(C)c3ccc(-c4ccccc4)nc3)c(C)c2C)n1. The predicted octanol–water partition coefficient (Wildman–Crippen LogP) is 5.45. The van der Waals surface area contributed by atoms with E-state index < -0.39 is 0 Å². The molecular weight excluding hydrogens is 502 g/mol. The largest absolute Gasteiger partial charge is 0.344 e. The van der Waals surface area contributed by atoms with Crippen LogP contribution in [0.4, 0.5) is 11.5 Å². The van der Waals surface area contributed by atoms with Crippen LogP contribution in [0, 0.1) is 20.8 Å². The van der Waals surface area contributed by atoms with E-state index in [1.807, 2.05) is 70.2 Å². The number of aromatic nitrogens is 5. The highest BCUT2D eigenvalue weighted by atomic mass is 16.2. The second-order valence-corrected chi connectivity index (χ2v) is 9.59. The standard InChI is InChI=1S/C31H29N7O2/c1-18-14-27(37-24-12-13-32-28(39)15-24)38-30(35-18)25-17-34-29(20(3)19(25)2)31(40)36-21(4)23-10-11-26(33-16-23)22-8-6-5-7-9-22/h5-17,21H,1-4H3,(H,36,40)(H2,32,35,37,38,39). The van der Waals surface area contributed by atoms with Crippen molar-refractivity contribution >= 4 is 17.4 Å². The number of carbonyl (C=O) groups excluding carboxylic acids is 1. The molecule has 1 amide bonds. The van der Waals surface area contributed by atoms with E-state index in [2.05, 4.69) is 35.6 Å². The summed E-state index contributed by atoms with van der Waals surface area (Å²) >= 11 is 0. The number of hydrogen-bond donors (Lipinski definition) is 3. The fraction of sp³-hybridized carbons (Fsp3) is 0.161. The van der Waals surface area contributed by atoms with E-state index in [4.69, 9.17) is 0 Å². The topological polar surface area (TPSA) is 126 Å². The van der Waals surface area contributed by atoms with Gasteiger partial charge < -0.3 is 15.6 Å². The van der Waals surface area contributed by atoms with Crippen molar-refractivity contribution in [2.75, 3.05) is 5.32 Å². The Morgan fingerprint density at radius 1 is 0.900 bits per heavy atom. The van der Waals surface area contributed by atoms with E-state index in [0.29, 0.717) is 23.0 Å². The Kier molecular flexibility index (Phi) is 7.46. The van der Waals surface area contributed by atoms with Crippen LogP contribution in [0.15, 0.2) is 84.0 Å². The number of carbonyl (C=O) groups is 1. The number of aryl methyl sites for hydroxylation is 1. The van der Waals surface area contributed by atoms with E-state index >= 15 is 0 Å². The molecule has 1 atom stereocenters. The van der Waals surface area contributed by atoms with Crippen molar-refractivity contribution in [3.05, 3.63) is 118 Å². The van der Waals surface area contributed by atoms with Crippen molar-refractivity contribution < 1.29 is 4.79 Å². The Morgan fingerprint density at radius 2 is 1.70 bits per heavy atom. The lowest BCUT2D eigenvalue weighted by Gasteiger charge is -2.17. The summed E-state index contributed by atoms with van der Waals surface area (Å²) in [5, 5.41) is 6.19. The first kappa shape index (κ1) is 26.4. The van der Waals surface area contributed by atoms with Crippen LogP contribution < -0.4 is 16.2 Å². The minimum atomic E-state index is -0.270. The highest BCUT2D eigenvalue weighted by molar-refractivity contribution is 5.94. The number of nitrogens with zero attached hydrogens (tertiary/aromatic N) is 4. The van der Waals surface area contributed by atoms with Gasteiger partial charge in [0.2, 0.25) is 5.56 Å². The molecule has 40 heavy (non-hydrogen) atoms. The van der Waals surface area contributed by atoms with Gasteiger partial charge in [-0.3, -0.25) is 19.6 Å². The lowest BCUT2D eigenvalue weighted by atomic mass is 10.0. The smallest absolute Gasteiger partial charge is 0.270 e. The quantitative estimate of drug-likeness (QED) is 0.255. The molecular formula is C31H29N7O2. The van der Waals surface area contributed by atoms with E-state index in [9.17, 15) is 9.59 Å². The van der Waals surface area contributed by atoms with Crippen LogP contribution in [-0.4, -0.2) is 30.8 Å². The number of rotatable bonds is 7. The summed E-state index contributed by atoms with van der Waals surface area (Å²) in [5.41, 5.74) is 6.63. The summed E-state index contributed by atoms with van der Waals surface area (Å²) in [6.45, 7) is 7.58. The summed E-state index contributed by atoms with van der Waals surface area (Å²) in [6.07, 6.45) is 4.98. The van der Waals surface area contributed by atoms with Crippen molar-refractivity contribution in [3.8, 4) is 22.6 Å². The van der Waals surface area contributed by atoms with E-state index in [0.717, 1.165) is 39.2 Å². The molecule has 3 N–H and O–H groups in total. The maximum absolute atomic E-state index is 13.2. The zero-order valence-electron chi connectivity index (χ0n) is 22.7. The summed E-state index contributed by atoms with van der Waals surface area (Å²) < 4.78 is 0. The van der Waals surface area contributed by atoms with E-state index in [1.165, 1.54) is 6.07 Å². The second kappa shape index (κ2) is 11.3. The summed E-state index contributed by atoms with van der Waals surface area (Å²) in [6, 6.07) is 18.6. The Labute approximate surface area is 231 Å². The monoisotopic (exact) mass is 531 g/mol. The molecule has 0 saturated heterocycles. The Morgan fingerprint density at radius 3 is 2.42 bits per heavy atom. The number of anilines is 2. The molecule has 0 saturated carbocycles.